The van der Waals surface area contributed by atoms with Gasteiger partial charge in [-0.15, -0.1) is 0 Å². The SMILES string of the molecule is CCNC(C)(CSC(C)CCO)C(=O)OCC. The second-order valence-corrected chi connectivity index (χ2v) is 5.64. The Balaban J connectivity index is 4.34. The van der Waals surface area contributed by atoms with Crippen LogP contribution >= 0.6 is 11.8 Å². The number of aliphatic hydroxyl groups is 1. The molecule has 0 aliphatic heterocycles. The third-order valence-corrected chi connectivity index (χ3v) is 4.03. The topological polar surface area (TPSA) is 58.6 Å². The Morgan fingerprint density at radius 2 is 2.18 bits per heavy atom. The number of aliphatic hydroxyl groups excluding tert-OH is 1. The zero-order valence-corrected chi connectivity index (χ0v) is 12.1. The summed E-state index contributed by atoms with van der Waals surface area (Å²) in [6.45, 7) is 9.02. The fourth-order valence-corrected chi connectivity index (χ4v) is 2.55. The molecule has 0 aromatic heterocycles. The second kappa shape index (κ2) is 8.78. The summed E-state index contributed by atoms with van der Waals surface area (Å²) < 4.78 is 5.09. The van der Waals surface area contributed by atoms with E-state index < -0.39 is 5.54 Å². The molecule has 0 aliphatic rings. The molecule has 0 saturated carbocycles. The Bertz CT molecular complexity index is 226. The number of rotatable bonds is 9. The van der Waals surface area contributed by atoms with E-state index in [4.69, 9.17) is 9.84 Å². The van der Waals surface area contributed by atoms with E-state index in [1.54, 1.807) is 11.8 Å². The quantitative estimate of drug-likeness (QED) is 0.616. The number of thioether (sulfide) groups is 1. The number of esters is 1. The molecule has 0 heterocycles. The number of carbonyl (C=O) groups is 1. The highest BCUT2D eigenvalue weighted by atomic mass is 32.2. The number of hydrogen-bond donors (Lipinski definition) is 2. The number of nitrogens with one attached hydrogen (secondary N) is 1. The minimum Gasteiger partial charge on any atom is -0.465 e. The smallest absolute Gasteiger partial charge is 0.326 e. The Hall–Kier alpha value is -0.260. The summed E-state index contributed by atoms with van der Waals surface area (Å²) >= 11 is 1.68. The summed E-state index contributed by atoms with van der Waals surface area (Å²) in [5, 5.41) is 12.4. The van der Waals surface area contributed by atoms with E-state index in [1.807, 2.05) is 20.8 Å². The third-order valence-electron chi connectivity index (χ3n) is 2.49. The van der Waals surface area contributed by atoms with Crippen molar-refractivity contribution in [2.24, 2.45) is 0 Å². The fourth-order valence-electron chi connectivity index (χ4n) is 1.44. The number of carbonyl (C=O) groups excluding carboxylic acids is 1. The summed E-state index contributed by atoms with van der Waals surface area (Å²) in [6.07, 6.45) is 0.746. The van der Waals surface area contributed by atoms with Crippen molar-refractivity contribution in [3.05, 3.63) is 0 Å². The maximum atomic E-state index is 11.9. The van der Waals surface area contributed by atoms with Gasteiger partial charge in [-0.25, -0.2) is 0 Å². The zero-order chi connectivity index (χ0) is 13.3. The van der Waals surface area contributed by atoms with Crippen molar-refractivity contribution in [1.29, 1.82) is 0 Å². The molecule has 0 rings (SSSR count). The first-order chi connectivity index (χ1) is 8.00. The molecule has 0 amide bonds. The Labute approximate surface area is 108 Å². The highest BCUT2D eigenvalue weighted by molar-refractivity contribution is 8.00. The normalized spacial score (nSPS) is 16.3. The van der Waals surface area contributed by atoms with Crippen LogP contribution in [0.25, 0.3) is 0 Å². The van der Waals surface area contributed by atoms with Crippen molar-refractivity contribution >= 4 is 17.7 Å². The lowest BCUT2D eigenvalue weighted by molar-refractivity contribution is -0.149. The lowest BCUT2D eigenvalue weighted by Gasteiger charge is -2.28. The molecule has 0 fully saturated rings. The summed E-state index contributed by atoms with van der Waals surface area (Å²) in [7, 11) is 0. The van der Waals surface area contributed by atoms with E-state index in [-0.39, 0.29) is 12.6 Å². The monoisotopic (exact) mass is 263 g/mol. The first kappa shape index (κ1) is 16.7. The van der Waals surface area contributed by atoms with Gasteiger partial charge in [-0.1, -0.05) is 13.8 Å². The van der Waals surface area contributed by atoms with Crippen molar-refractivity contribution < 1.29 is 14.6 Å². The first-order valence-electron chi connectivity index (χ1n) is 6.14. The molecule has 0 radical (unpaired) electrons. The predicted molar refractivity (Wildman–Crippen MR) is 72.3 cm³/mol. The second-order valence-electron chi connectivity index (χ2n) is 4.22. The van der Waals surface area contributed by atoms with Crippen LogP contribution in [-0.4, -0.2) is 47.4 Å². The van der Waals surface area contributed by atoms with E-state index in [1.165, 1.54) is 0 Å². The maximum absolute atomic E-state index is 11.9. The number of likely N-dealkylation sites (N-methyl/N-ethyl adjacent to an activating group) is 1. The van der Waals surface area contributed by atoms with Gasteiger partial charge in [-0.2, -0.15) is 11.8 Å². The van der Waals surface area contributed by atoms with Gasteiger partial charge in [-0.3, -0.25) is 4.79 Å². The van der Waals surface area contributed by atoms with Gasteiger partial charge in [0.2, 0.25) is 0 Å². The van der Waals surface area contributed by atoms with Crippen molar-refractivity contribution in [2.45, 2.75) is 44.9 Å². The van der Waals surface area contributed by atoms with Gasteiger partial charge >= 0.3 is 5.97 Å². The van der Waals surface area contributed by atoms with Crippen LogP contribution in [0.3, 0.4) is 0 Å². The molecule has 0 aromatic carbocycles. The number of ether oxygens (including phenoxy) is 1. The van der Waals surface area contributed by atoms with Gasteiger partial charge in [0, 0.05) is 17.6 Å². The van der Waals surface area contributed by atoms with Crippen molar-refractivity contribution in [2.75, 3.05) is 25.5 Å². The molecule has 0 aromatic rings. The van der Waals surface area contributed by atoms with Crippen molar-refractivity contribution in [3.63, 3.8) is 0 Å². The summed E-state index contributed by atoms with van der Waals surface area (Å²) in [6, 6.07) is 0. The largest absolute Gasteiger partial charge is 0.465 e. The van der Waals surface area contributed by atoms with Crippen molar-refractivity contribution in [3.8, 4) is 0 Å². The van der Waals surface area contributed by atoms with Gasteiger partial charge in [-0.05, 0) is 26.8 Å². The molecule has 0 bridgehead atoms. The molecule has 2 unspecified atom stereocenters. The van der Waals surface area contributed by atoms with Gasteiger partial charge < -0.3 is 15.2 Å². The molecule has 5 heteroatoms. The van der Waals surface area contributed by atoms with Gasteiger partial charge in [0.15, 0.2) is 0 Å². The zero-order valence-electron chi connectivity index (χ0n) is 11.3. The molecule has 102 valence electrons. The molecule has 2 N–H and O–H groups in total. The van der Waals surface area contributed by atoms with Crippen LogP contribution in [-0.2, 0) is 9.53 Å². The van der Waals surface area contributed by atoms with E-state index in [2.05, 4.69) is 12.2 Å². The number of hydrogen-bond acceptors (Lipinski definition) is 5. The standard InChI is InChI=1S/C12H25NO3S/c1-5-13-12(4,11(15)16-6-2)9-17-10(3)7-8-14/h10,13-14H,5-9H2,1-4H3. The highest BCUT2D eigenvalue weighted by Gasteiger charge is 2.34. The Kier molecular flexibility index (Phi) is 8.64. The minimum atomic E-state index is -0.640. The van der Waals surface area contributed by atoms with Crippen LogP contribution in [0.2, 0.25) is 0 Å². The molecule has 0 spiro atoms. The predicted octanol–water partition coefficient (Wildman–Crippen LogP) is 1.42. The van der Waals surface area contributed by atoms with Gasteiger partial charge in [0.05, 0.1) is 6.61 Å². The van der Waals surface area contributed by atoms with Crippen LogP contribution < -0.4 is 5.32 Å². The summed E-state index contributed by atoms with van der Waals surface area (Å²) in [5.74, 6) is 0.450. The summed E-state index contributed by atoms with van der Waals surface area (Å²) in [5.41, 5.74) is -0.640. The molecule has 4 nitrogen and oxygen atoms in total. The minimum absolute atomic E-state index is 0.186. The third kappa shape index (κ3) is 6.29. The molecule has 0 saturated heterocycles. The van der Waals surface area contributed by atoms with E-state index in [0.717, 1.165) is 13.0 Å². The summed E-state index contributed by atoms with van der Waals surface area (Å²) in [4.78, 5) is 11.9. The Morgan fingerprint density at radius 1 is 1.53 bits per heavy atom. The van der Waals surface area contributed by atoms with Crippen LogP contribution in [0.5, 0.6) is 0 Å². The Morgan fingerprint density at radius 3 is 2.65 bits per heavy atom. The molecular weight excluding hydrogens is 238 g/mol. The molecular formula is C12H25NO3S. The lowest BCUT2D eigenvalue weighted by atomic mass is 10.1. The lowest BCUT2D eigenvalue weighted by Crippen LogP contribution is -2.52. The van der Waals surface area contributed by atoms with E-state index in [9.17, 15) is 4.79 Å². The van der Waals surface area contributed by atoms with Crippen LogP contribution in [0, 0.1) is 0 Å². The highest BCUT2D eigenvalue weighted by Crippen LogP contribution is 2.21. The maximum Gasteiger partial charge on any atom is 0.326 e. The van der Waals surface area contributed by atoms with Crippen LogP contribution in [0.15, 0.2) is 0 Å². The van der Waals surface area contributed by atoms with Crippen molar-refractivity contribution in [1.82, 2.24) is 5.32 Å². The molecule has 0 aliphatic carbocycles. The fraction of sp³-hybridized carbons (Fsp3) is 0.917. The first-order valence-corrected chi connectivity index (χ1v) is 7.19. The van der Waals surface area contributed by atoms with E-state index >= 15 is 0 Å². The van der Waals surface area contributed by atoms with Crippen LogP contribution in [0.1, 0.15) is 34.1 Å². The average molecular weight is 263 g/mol. The van der Waals surface area contributed by atoms with Gasteiger partial charge in [0.1, 0.15) is 5.54 Å². The molecule has 17 heavy (non-hydrogen) atoms. The van der Waals surface area contributed by atoms with E-state index in [0.29, 0.717) is 17.6 Å². The average Bonchev–Trinajstić information content (AvgIpc) is 2.27. The molecule has 2 atom stereocenters. The van der Waals surface area contributed by atoms with Gasteiger partial charge in [0.25, 0.3) is 0 Å². The van der Waals surface area contributed by atoms with Crippen LogP contribution in [0.4, 0.5) is 0 Å².